The van der Waals surface area contributed by atoms with Crippen LogP contribution in [0.5, 0.6) is 0 Å². The fraction of sp³-hybridized carbons (Fsp3) is 0.421. The van der Waals surface area contributed by atoms with Crippen molar-refractivity contribution in [3.8, 4) is 0 Å². The number of thiophene rings is 1. The van der Waals surface area contributed by atoms with E-state index in [1.165, 1.54) is 23.1 Å². The summed E-state index contributed by atoms with van der Waals surface area (Å²) in [5.74, 6) is 0.759. The standard InChI is InChI=1S/C19H21N3O4S2/c1-12-8-15-17(28-12)21-19(22(18(15)24)10-14-5-3-7-26-14)27-11-16(23)20-9-13-4-2-6-25-13/h3,5,7-8,13H,2,4,6,9-11H2,1H3,(H,20,23). The van der Waals surface area contributed by atoms with Crippen LogP contribution in [0.25, 0.3) is 10.2 Å². The van der Waals surface area contributed by atoms with E-state index in [0.29, 0.717) is 27.7 Å². The lowest BCUT2D eigenvalue weighted by Gasteiger charge is -2.12. The van der Waals surface area contributed by atoms with Crippen LogP contribution < -0.4 is 10.9 Å². The molecular formula is C19H21N3O4S2. The molecule has 1 fully saturated rings. The van der Waals surface area contributed by atoms with Crippen LogP contribution in [0.4, 0.5) is 0 Å². The molecule has 1 unspecified atom stereocenters. The molecule has 0 saturated carbocycles. The number of furan rings is 1. The fourth-order valence-electron chi connectivity index (χ4n) is 3.14. The van der Waals surface area contributed by atoms with E-state index < -0.39 is 0 Å². The summed E-state index contributed by atoms with van der Waals surface area (Å²) in [5, 5.41) is 4.01. The summed E-state index contributed by atoms with van der Waals surface area (Å²) in [6, 6.07) is 5.46. The third-order valence-electron chi connectivity index (χ3n) is 4.52. The van der Waals surface area contributed by atoms with E-state index in [2.05, 4.69) is 10.3 Å². The summed E-state index contributed by atoms with van der Waals surface area (Å²) < 4.78 is 12.5. The number of rotatable bonds is 7. The molecule has 0 spiro atoms. The second kappa shape index (κ2) is 8.50. The van der Waals surface area contributed by atoms with Gasteiger partial charge in [0, 0.05) is 18.0 Å². The Labute approximate surface area is 170 Å². The number of ether oxygens (including phenoxy) is 1. The number of aryl methyl sites for hydroxylation is 1. The molecule has 9 heteroatoms. The summed E-state index contributed by atoms with van der Waals surface area (Å²) in [7, 11) is 0. The maximum Gasteiger partial charge on any atom is 0.263 e. The van der Waals surface area contributed by atoms with Crippen LogP contribution in [0, 0.1) is 6.92 Å². The Morgan fingerprint density at radius 3 is 3.14 bits per heavy atom. The molecule has 0 bridgehead atoms. The molecule has 0 aliphatic carbocycles. The van der Waals surface area contributed by atoms with Gasteiger partial charge in [-0.15, -0.1) is 11.3 Å². The Kier molecular flexibility index (Phi) is 5.84. The van der Waals surface area contributed by atoms with Crippen molar-refractivity contribution in [3.63, 3.8) is 0 Å². The summed E-state index contributed by atoms with van der Waals surface area (Å²) in [6.07, 6.45) is 3.70. The number of nitrogens with zero attached hydrogens (tertiary/aromatic N) is 2. The third kappa shape index (κ3) is 4.31. The van der Waals surface area contributed by atoms with Crippen molar-refractivity contribution in [1.29, 1.82) is 0 Å². The lowest BCUT2D eigenvalue weighted by atomic mass is 10.2. The van der Waals surface area contributed by atoms with Gasteiger partial charge in [0.15, 0.2) is 5.16 Å². The minimum atomic E-state index is -0.118. The second-order valence-electron chi connectivity index (χ2n) is 6.67. The van der Waals surface area contributed by atoms with E-state index in [1.54, 1.807) is 16.9 Å². The van der Waals surface area contributed by atoms with Gasteiger partial charge < -0.3 is 14.5 Å². The van der Waals surface area contributed by atoms with Gasteiger partial charge in [0.25, 0.3) is 5.56 Å². The zero-order valence-corrected chi connectivity index (χ0v) is 17.1. The predicted octanol–water partition coefficient (Wildman–Crippen LogP) is 2.80. The number of thioether (sulfide) groups is 1. The van der Waals surface area contributed by atoms with Crippen molar-refractivity contribution < 1.29 is 13.9 Å². The Morgan fingerprint density at radius 2 is 2.39 bits per heavy atom. The van der Waals surface area contributed by atoms with E-state index in [0.717, 1.165) is 24.3 Å². The number of aromatic nitrogens is 2. The SMILES string of the molecule is Cc1cc2c(=O)n(Cc3ccco3)c(SCC(=O)NCC3CCCO3)nc2s1. The number of amides is 1. The first-order chi connectivity index (χ1) is 13.6. The van der Waals surface area contributed by atoms with Crippen LogP contribution >= 0.6 is 23.1 Å². The Morgan fingerprint density at radius 1 is 1.50 bits per heavy atom. The van der Waals surface area contributed by atoms with Crippen molar-refractivity contribution in [2.75, 3.05) is 18.9 Å². The average Bonchev–Trinajstić information content (AvgIpc) is 3.42. The number of carbonyl (C=O) groups excluding carboxylic acids is 1. The van der Waals surface area contributed by atoms with Crippen molar-refractivity contribution in [2.45, 2.75) is 37.6 Å². The van der Waals surface area contributed by atoms with Crippen molar-refractivity contribution in [1.82, 2.24) is 14.9 Å². The Bertz CT molecular complexity index is 1020. The molecule has 1 saturated heterocycles. The van der Waals surface area contributed by atoms with E-state index >= 15 is 0 Å². The minimum absolute atomic E-state index is 0.0956. The first kappa shape index (κ1) is 19.2. The highest BCUT2D eigenvalue weighted by molar-refractivity contribution is 7.99. The summed E-state index contributed by atoms with van der Waals surface area (Å²) >= 11 is 2.74. The van der Waals surface area contributed by atoms with Gasteiger partial charge in [0.05, 0.1) is 30.1 Å². The summed E-state index contributed by atoms with van der Waals surface area (Å²) in [5.41, 5.74) is -0.118. The largest absolute Gasteiger partial charge is 0.467 e. The number of fused-ring (bicyclic) bond motifs is 1. The molecule has 3 aromatic rings. The molecule has 1 amide bonds. The zero-order valence-electron chi connectivity index (χ0n) is 15.5. The number of carbonyl (C=O) groups is 1. The van der Waals surface area contributed by atoms with Gasteiger partial charge in [-0.2, -0.15) is 0 Å². The number of nitrogens with one attached hydrogen (secondary N) is 1. The van der Waals surface area contributed by atoms with Crippen LogP contribution in [0.1, 0.15) is 23.5 Å². The van der Waals surface area contributed by atoms with E-state index in [-0.39, 0.29) is 29.9 Å². The van der Waals surface area contributed by atoms with Gasteiger partial charge in [0.2, 0.25) is 5.91 Å². The minimum Gasteiger partial charge on any atom is -0.467 e. The van der Waals surface area contributed by atoms with Gasteiger partial charge in [-0.3, -0.25) is 14.2 Å². The maximum atomic E-state index is 13.0. The van der Waals surface area contributed by atoms with Gasteiger partial charge in [0.1, 0.15) is 10.6 Å². The van der Waals surface area contributed by atoms with Crippen molar-refractivity contribution in [3.05, 3.63) is 45.5 Å². The lowest BCUT2D eigenvalue weighted by Crippen LogP contribution is -2.33. The fourth-order valence-corrected chi connectivity index (χ4v) is 4.89. The molecule has 3 aromatic heterocycles. The van der Waals surface area contributed by atoms with Gasteiger partial charge in [-0.05, 0) is 38.0 Å². The van der Waals surface area contributed by atoms with E-state index in [1.807, 2.05) is 19.1 Å². The molecule has 4 rings (SSSR count). The maximum absolute atomic E-state index is 13.0. The Hall–Kier alpha value is -2.10. The smallest absolute Gasteiger partial charge is 0.263 e. The molecule has 1 aliphatic heterocycles. The van der Waals surface area contributed by atoms with Crippen molar-refractivity contribution >= 4 is 39.2 Å². The molecule has 0 aromatic carbocycles. The number of hydrogen-bond donors (Lipinski definition) is 1. The van der Waals surface area contributed by atoms with Crippen LogP contribution in [0.3, 0.4) is 0 Å². The highest BCUT2D eigenvalue weighted by Crippen LogP contribution is 2.24. The normalized spacial score (nSPS) is 16.7. The van der Waals surface area contributed by atoms with Gasteiger partial charge in [-0.1, -0.05) is 11.8 Å². The summed E-state index contributed by atoms with van der Waals surface area (Å²) in [6.45, 7) is 3.52. The van der Waals surface area contributed by atoms with Crippen LogP contribution in [0.2, 0.25) is 0 Å². The molecule has 0 radical (unpaired) electrons. The van der Waals surface area contributed by atoms with Crippen LogP contribution in [0.15, 0.2) is 38.8 Å². The summed E-state index contributed by atoms with van der Waals surface area (Å²) in [4.78, 5) is 31.6. The Balaban J connectivity index is 1.52. The monoisotopic (exact) mass is 419 g/mol. The van der Waals surface area contributed by atoms with Gasteiger partial charge >= 0.3 is 0 Å². The first-order valence-corrected chi connectivity index (χ1v) is 10.9. The van der Waals surface area contributed by atoms with E-state index in [4.69, 9.17) is 9.15 Å². The molecular weight excluding hydrogens is 398 g/mol. The van der Waals surface area contributed by atoms with Gasteiger partial charge in [-0.25, -0.2) is 4.98 Å². The highest BCUT2D eigenvalue weighted by atomic mass is 32.2. The topological polar surface area (TPSA) is 86.4 Å². The molecule has 1 atom stereocenters. The quantitative estimate of drug-likeness (QED) is 0.468. The number of hydrogen-bond acceptors (Lipinski definition) is 7. The third-order valence-corrected chi connectivity index (χ3v) is 6.44. The molecule has 7 nitrogen and oxygen atoms in total. The molecule has 28 heavy (non-hydrogen) atoms. The molecule has 148 valence electrons. The highest BCUT2D eigenvalue weighted by Gasteiger charge is 2.18. The molecule has 1 N–H and O–H groups in total. The lowest BCUT2D eigenvalue weighted by molar-refractivity contribution is -0.119. The molecule has 4 heterocycles. The molecule has 1 aliphatic rings. The van der Waals surface area contributed by atoms with Crippen LogP contribution in [-0.4, -0.2) is 40.5 Å². The van der Waals surface area contributed by atoms with Crippen LogP contribution in [-0.2, 0) is 16.1 Å². The first-order valence-electron chi connectivity index (χ1n) is 9.14. The average molecular weight is 420 g/mol. The zero-order chi connectivity index (χ0) is 19.5. The van der Waals surface area contributed by atoms with Crippen molar-refractivity contribution in [2.24, 2.45) is 0 Å². The van der Waals surface area contributed by atoms with E-state index in [9.17, 15) is 9.59 Å². The predicted molar refractivity (Wildman–Crippen MR) is 109 cm³/mol. The second-order valence-corrected chi connectivity index (χ2v) is 8.85.